The minimum absolute atomic E-state index is 0.0294. The Balaban J connectivity index is 2.13. The molecule has 7 nitrogen and oxygen atoms in total. The molecule has 1 aromatic rings. The Bertz CT molecular complexity index is 741. The van der Waals surface area contributed by atoms with E-state index in [0.717, 1.165) is 12.8 Å². The zero-order valence-electron chi connectivity index (χ0n) is 13.1. The van der Waals surface area contributed by atoms with Crippen LogP contribution in [-0.2, 0) is 14.8 Å². The van der Waals surface area contributed by atoms with Crippen LogP contribution in [0.25, 0.3) is 0 Å². The van der Waals surface area contributed by atoms with Gasteiger partial charge in [-0.2, -0.15) is 0 Å². The third-order valence-corrected chi connectivity index (χ3v) is 5.15. The van der Waals surface area contributed by atoms with Crippen molar-refractivity contribution in [3.8, 4) is 0 Å². The summed E-state index contributed by atoms with van der Waals surface area (Å²) in [6.07, 6.45) is 3.05. The summed E-state index contributed by atoms with van der Waals surface area (Å²) < 4.78 is 26.5. The number of hydrogen-bond acceptors (Lipinski definition) is 4. The van der Waals surface area contributed by atoms with Gasteiger partial charge in [0.2, 0.25) is 10.0 Å². The molecule has 1 atom stereocenters. The van der Waals surface area contributed by atoms with Crippen molar-refractivity contribution in [2.24, 2.45) is 5.92 Å². The van der Waals surface area contributed by atoms with Gasteiger partial charge >= 0.3 is 5.97 Å². The summed E-state index contributed by atoms with van der Waals surface area (Å²) in [6, 6.07) is 5.19. The predicted molar refractivity (Wildman–Crippen MR) is 88.1 cm³/mol. The van der Waals surface area contributed by atoms with Gasteiger partial charge in [0.25, 0.3) is 5.91 Å². The first kappa shape index (κ1) is 18.2. The molecule has 2 rings (SSSR count). The molecule has 1 fully saturated rings. The number of nitrogens with one attached hydrogen (secondary N) is 2. The number of carbonyl (C=O) groups is 2. The quantitative estimate of drug-likeness (QED) is 0.577. The van der Waals surface area contributed by atoms with E-state index in [4.69, 9.17) is 5.11 Å². The molecular formula is C16H20N2O5S. The highest BCUT2D eigenvalue weighted by Crippen LogP contribution is 2.34. The fourth-order valence-electron chi connectivity index (χ4n) is 2.33. The lowest BCUT2D eigenvalue weighted by molar-refractivity contribution is -0.137. The number of benzene rings is 1. The number of carboxylic acids is 1. The second-order valence-corrected chi connectivity index (χ2v) is 7.45. The molecule has 1 aromatic carbocycles. The standard InChI is InChI=1S/C16H20N2O5S/c1-2-8-17-24(22,23)13-5-3-4-12(9-13)16(21)18-14(10-15(19)20)11-6-7-11/h2-5,9,11,14,17H,1,6-8,10H2,(H,18,21)(H,19,20). The maximum Gasteiger partial charge on any atom is 0.305 e. The summed E-state index contributed by atoms with van der Waals surface area (Å²) in [6.45, 7) is 3.53. The van der Waals surface area contributed by atoms with Gasteiger partial charge in [-0.1, -0.05) is 12.1 Å². The summed E-state index contributed by atoms with van der Waals surface area (Å²) in [4.78, 5) is 23.2. The van der Waals surface area contributed by atoms with Crippen molar-refractivity contribution in [1.29, 1.82) is 0 Å². The Kier molecular flexibility index (Phi) is 5.74. The topological polar surface area (TPSA) is 113 Å². The van der Waals surface area contributed by atoms with Gasteiger partial charge in [0, 0.05) is 18.2 Å². The van der Waals surface area contributed by atoms with Crippen LogP contribution in [0.2, 0.25) is 0 Å². The van der Waals surface area contributed by atoms with Crippen molar-refractivity contribution in [1.82, 2.24) is 10.0 Å². The molecule has 24 heavy (non-hydrogen) atoms. The zero-order chi connectivity index (χ0) is 17.7. The molecule has 0 aromatic heterocycles. The Morgan fingerprint density at radius 3 is 2.67 bits per heavy atom. The molecule has 1 aliphatic carbocycles. The first-order valence-corrected chi connectivity index (χ1v) is 9.05. The van der Waals surface area contributed by atoms with Gasteiger partial charge in [0.05, 0.1) is 11.3 Å². The summed E-state index contributed by atoms with van der Waals surface area (Å²) >= 11 is 0. The molecule has 8 heteroatoms. The molecule has 0 bridgehead atoms. The van der Waals surface area contributed by atoms with E-state index in [2.05, 4.69) is 16.6 Å². The average molecular weight is 352 g/mol. The number of carbonyl (C=O) groups excluding carboxylic acids is 1. The Morgan fingerprint density at radius 2 is 2.08 bits per heavy atom. The molecule has 3 N–H and O–H groups in total. The van der Waals surface area contributed by atoms with Crippen molar-refractivity contribution < 1.29 is 23.1 Å². The van der Waals surface area contributed by atoms with Crippen LogP contribution < -0.4 is 10.0 Å². The number of aliphatic carboxylic acids is 1. The van der Waals surface area contributed by atoms with Crippen LogP contribution >= 0.6 is 0 Å². The molecule has 1 amide bonds. The van der Waals surface area contributed by atoms with Gasteiger partial charge < -0.3 is 10.4 Å². The van der Waals surface area contributed by atoms with Gasteiger partial charge in [-0.3, -0.25) is 9.59 Å². The van der Waals surface area contributed by atoms with Crippen LogP contribution in [-0.4, -0.2) is 38.0 Å². The molecule has 0 aliphatic heterocycles. The summed E-state index contributed by atoms with van der Waals surface area (Å²) in [5.74, 6) is -1.28. The number of sulfonamides is 1. The van der Waals surface area contributed by atoms with Crippen LogP contribution in [0.5, 0.6) is 0 Å². The number of amides is 1. The maximum atomic E-state index is 12.3. The largest absolute Gasteiger partial charge is 0.481 e. The fourth-order valence-corrected chi connectivity index (χ4v) is 3.37. The van der Waals surface area contributed by atoms with Gasteiger partial charge in [0.15, 0.2) is 0 Å². The predicted octanol–water partition coefficient (Wildman–Crippen LogP) is 1.13. The summed E-state index contributed by atoms with van der Waals surface area (Å²) in [5.41, 5.74) is 0.174. The van der Waals surface area contributed by atoms with Crippen LogP contribution in [0.15, 0.2) is 41.8 Å². The monoisotopic (exact) mass is 352 g/mol. The van der Waals surface area contributed by atoms with Crippen molar-refractivity contribution in [3.05, 3.63) is 42.5 Å². The SMILES string of the molecule is C=CCNS(=O)(=O)c1cccc(C(=O)NC(CC(=O)O)C2CC2)c1. The first-order valence-electron chi connectivity index (χ1n) is 7.57. The van der Waals surface area contributed by atoms with Gasteiger partial charge in [-0.15, -0.1) is 6.58 Å². The molecule has 0 heterocycles. The van der Waals surface area contributed by atoms with E-state index < -0.39 is 27.9 Å². The first-order chi connectivity index (χ1) is 11.3. The smallest absolute Gasteiger partial charge is 0.305 e. The molecule has 1 aliphatic rings. The Morgan fingerprint density at radius 1 is 1.38 bits per heavy atom. The van der Waals surface area contributed by atoms with E-state index in [0.29, 0.717) is 0 Å². The summed E-state index contributed by atoms with van der Waals surface area (Å²) in [5, 5.41) is 11.6. The third-order valence-electron chi connectivity index (χ3n) is 3.73. The molecule has 0 radical (unpaired) electrons. The van der Waals surface area contributed by atoms with Crippen LogP contribution in [0.1, 0.15) is 29.6 Å². The normalized spacial score (nSPS) is 15.5. The highest BCUT2D eigenvalue weighted by molar-refractivity contribution is 7.89. The van der Waals surface area contributed by atoms with E-state index in [-0.39, 0.29) is 29.3 Å². The van der Waals surface area contributed by atoms with Gasteiger partial charge in [0.1, 0.15) is 0 Å². The van der Waals surface area contributed by atoms with Crippen LogP contribution in [0, 0.1) is 5.92 Å². The minimum atomic E-state index is -3.73. The number of hydrogen-bond donors (Lipinski definition) is 3. The number of rotatable bonds is 9. The molecule has 130 valence electrons. The van der Waals surface area contributed by atoms with Crippen molar-refractivity contribution >= 4 is 21.9 Å². The second kappa shape index (κ2) is 7.59. The van der Waals surface area contributed by atoms with Crippen molar-refractivity contribution in [3.63, 3.8) is 0 Å². The van der Waals surface area contributed by atoms with E-state index in [1.165, 1.54) is 30.3 Å². The lowest BCUT2D eigenvalue weighted by Crippen LogP contribution is -2.38. The maximum absolute atomic E-state index is 12.3. The molecule has 1 unspecified atom stereocenters. The molecule has 0 spiro atoms. The number of carboxylic acid groups (broad SMARTS) is 1. The Labute approximate surface area is 140 Å². The highest BCUT2D eigenvalue weighted by atomic mass is 32.2. The fraction of sp³-hybridized carbons (Fsp3) is 0.375. The average Bonchev–Trinajstić information content (AvgIpc) is 3.37. The lowest BCUT2D eigenvalue weighted by Gasteiger charge is -2.16. The Hall–Kier alpha value is -2.19. The molecular weight excluding hydrogens is 332 g/mol. The van der Waals surface area contributed by atoms with Crippen LogP contribution in [0.3, 0.4) is 0 Å². The molecule has 1 saturated carbocycles. The van der Waals surface area contributed by atoms with E-state index in [1.54, 1.807) is 0 Å². The van der Waals surface area contributed by atoms with Crippen molar-refractivity contribution in [2.75, 3.05) is 6.54 Å². The van der Waals surface area contributed by atoms with Gasteiger partial charge in [-0.25, -0.2) is 13.1 Å². The zero-order valence-corrected chi connectivity index (χ0v) is 13.9. The van der Waals surface area contributed by atoms with Gasteiger partial charge in [-0.05, 0) is 37.0 Å². The lowest BCUT2D eigenvalue weighted by atomic mass is 10.1. The van der Waals surface area contributed by atoms with E-state index >= 15 is 0 Å². The third kappa shape index (κ3) is 4.90. The van der Waals surface area contributed by atoms with E-state index in [9.17, 15) is 18.0 Å². The summed E-state index contributed by atoms with van der Waals surface area (Å²) in [7, 11) is -3.73. The van der Waals surface area contributed by atoms with Crippen LogP contribution in [0.4, 0.5) is 0 Å². The molecule has 0 saturated heterocycles. The van der Waals surface area contributed by atoms with Crippen molar-refractivity contribution in [2.45, 2.75) is 30.2 Å². The minimum Gasteiger partial charge on any atom is -0.481 e. The second-order valence-electron chi connectivity index (χ2n) is 5.68. The van der Waals surface area contributed by atoms with E-state index in [1.807, 2.05) is 0 Å². The highest BCUT2D eigenvalue weighted by Gasteiger charge is 2.34.